The Kier molecular flexibility index (Phi) is 4.62. The van der Waals surface area contributed by atoms with Crippen LogP contribution in [-0.4, -0.2) is 33.5 Å². The molecule has 1 aliphatic carbocycles. The standard InChI is InChI=1S/C11H19N5OS/c1-18-11-14-9(6-10(15-11)16-12)13-7-2-4-8(17)5-3-7/h6-8,17H,2-5,12H2,1H3,(H2,13,14,15,16). The maximum Gasteiger partial charge on any atom is 0.191 e. The van der Waals surface area contributed by atoms with Gasteiger partial charge in [0, 0.05) is 12.1 Å². The summed E-state index contributed by atoms with van der Waals surface area (Å²) in [6.07, 6.45) is 5.41. The van der Waals surface area contributed by atoms with Crippen molar-refractivity contribution in [2.24, 2.45) is 5.84 Å². The molecule has 0 unspecified atom stereocenters. The molecule has 5 N–H and O–H groups in total. The number of hydrogen-bond donors (Lipinski definition) is 4. The van der Waals surface area contributed by atoms with E-state index in [0.29, 0.717) is 17.0 Å². The van der Waals surface area contributed by atoms with Crippen molar-refractivity contribution >= 4 is 23.4 Å². The molecular formula is C11H19N5OS. The summed E-state index contributed by atoms with van der Waals surface area (Å²) in [5, 5.41) is 13.5. The zero-order valence-corrected chi connectivity index (χ0v) is 11.2. The van der Waals surface area contributed by atoms with E-state index in [0.717, 1.165) is 31.5 Å². The number of rotatable bonds is 4. The van der Waals surface area contributed by atoms with Gasteiger partial charge in [-0.15, -0.1) is 0 Å². The third kappa shape index (κ3) is 3.47. The molecule has 1 aromatic rings. The van der Waals surface area contributed by atoms with E-state index < -0.39 is 0 Å². The Hall–Kier alpha value is -1.05. The van der Waals surface area contributed by atoms with Crippen molar-refractivity contribution in [2.45, 2.75) is 43.0 Å². The van der Waals surface area contributed by atoms with Crippen molar-refractivity contribution in [1.29, 1.82) is 0 Å². The van der Waals surface area contributed by atoms with Gasteiger partial charge in [-0.1, -0.05) is 11.8 Å². The van der Waals surface area contributed by atoms with Crippen LogP contribution in [0.25, 0.3) is 0 Å². The number of aliphatic hydroxyl groups is 1. The van der Waals surface area contributed by atoms with E-state index in [1.807, 2.05) is 6.26 Å². The minimum absolute atomic E-state index is 0.142. The maximum atomic E-state index is 9.47. The molecule has 7 heteroatoms. The van der Waals surface area contributed by atoms with Crippen molar-refractivity contribution in [1.82, 2.24) is 9.97 Å². The second-order valence-electron chi connectivity index (χ2n) is 4.42. The molecule has 1 aliphatic rings. The van der Waals surface area contributed by atoms with Crippen molar-refractivity contribution in [3.05, 3.63) is 6.07 Å². The first-order chi connectivity index (χ1) is 8.71. The number of hydrogen-bond acceptors (Lipinski definition) is 7. The second-order valence-corrected chi connectivity index (χ2v) is 5.19. The Labute approximate surface area is 111 Å². The summed E-state index contributed by atoms with van der Waals surface area (Å²) in [7, 11) is 0. The Morgan fingerprint density at radius 1 is 1.28 bits per heavy atom. The average Bonchev–Trinajstić information content (AvgIpc) is 2.41. The highest BCUT2D eigenvalue weighted by Gasteiger charge is 2.19. The first kappa shape index (κ1) is 13.4. The third-order valence-corrected chi connectivity index (χ3v) is 3.63. The summed E-state index contributed by atoms with van der Waals surface area (Å²) in [6.45, 7) is 0. The molecule has 0 amide bonds. The monoisotopic (exact) mass is 269 g/mol. The normalized spacial score (nSPS) is 23.7. The van der Waals surface area contributed by atoms with Gasteiger partial charge < -0.3 is 15.8 Å². The van der Waals surface area contributed by atoms with Crippen molar-refractivity contribution in [2.75, 3.05) is 17.0 Å². The topological polar surface area (TPSA) is 96.1 Å². The molecule has 0 saturated heterocycles. The molecule has 2 rings (SSSR count). The van der Waals surface area contributed by atoms with Crippen LogP contribution in [0, 0.1) is 0 Å². The van der Waals surface area contributed by atoms with Crippen molar-refractivity contribution < 1.29 is 5.11 Å². The number of nitrogens with two attached hydrogens (primary N) is 1. The molecule has 0 bridgehead atoms. The van der Waals surface area contributed by atoms with Crippen LogP contribution < -0.4 is 16.6 Å². The number of anilines is 2. The van der Waals surface area contributed by atoms with Gasteiger partial charge in [-0.2, -0.15) is 0 Å². The smallest absolute Gasteiger partial charge is 0.191 e. The lowest BCUT2D eigenvalue weighted by molar-refractivity contribution is 0.126. The fraction of sp³-hybridized carbons (Fsp3) is 0.636. The Morgan fingerprint density at radius 3 is 2.56 bits per heavy atom. The number of hydrazine groups is 1. The highest BCUT2D eigenvalue weighted by atomic mass is 32.2. The average molecular weight is 269 g/mol. The minimum atomic E-state index is -0.142. The number of thioether (sulfide) groups is 1. The van der Waals surface area contributed by atoms with Crippen molar-refractivity contribution in [3.63, 3.8) is 0 Å². The Morgan fingerprint density at radius 2 is 1.94 bits per heavy atom. The van der Waals surface area contributed by atoms with Crippen molar-refractivity contribution in [3.8, 4) is 0 Å². The van der Waals surface area contributed by atoms with E-state index in [1.54, 1.807) is 6.07 Å². The number of aliphatic hydroxyl groups excluding tert-OH is 1. The van der Waals surface area contributed by atoms with E-state index in [4.69, 9.17) is 5.84 Å². The van der Waals surface area contributed by atoms with E-state index in [9.17, 15) is 5.11 Å². The van der Waals surface area contributed by atoms with Gasteiger partial charge in [0.2, 0.25) is 0 Å². The van der Waals surface area contributed by atoms with Crippen LogP contribution in [0.1, 0.15) is 25.7 Å². The lowest BCUT2D eigenvalue weighted by Crippen LogP contribution is -2.28. The molecule has 1 fully saturated rings. The molecule has 1 heterocycles. The first-order valence-electron chi connectivity index (χ1n) is 6.05. The Balaban J connectivity index is 2.03. The number of aromatic nitrogens is 2. The summed E-state index contributed by atoms with van der Waals surface area (Å²) in [6, 6.07) is 2.16. The third-order valence-electron chi connectivity index (χ3n) is 3.08. The van der Waals surface area contributed by atoms with Gasteiger partial charge in [-0.25, -0.2) is 15.8 Å². The fourth-order valence-electron chi connectivity index (χ4n) is 2.09. The highest BCUT2D eigenvalue weighted by molar-refractivity contribution is 7.98. The predicted octanol–water partition coefficient (Wildman–Crippen LogP) is 1.20. The van der Waals surface area contributed by atoms with Gasteiger partial charge in [0.15, 0.2) is 5.16 Å². The second kappa shape index (κ2) is 6.21. The van der Waals surface area contributed by atoms with Crippen LogP contribution in [-0.2, 0) is 0 Å². The van der Waals surface area contributed by atoms with Gasteiger partial charge in [0.05, 0.1) is 6.10 Å². The molecule has 0 radical (unpaired) electrons. The molecule has 0 spiro atoms. The van der Waals surface area contributed by atoms with Crippen LogP contribution in [0.4, 0.5) is 11.6 Å². The fourth-order valence-corrected chi connectivity index (χ4v) is 2.47. The largest absolute Gasteiger partial charge is 0.393 e. The number of nitrogens with zero attached hydrogens (tertiary/aromatic N) is 2. The number of nitrogen functional groups attached to an aromatic ring is 1. The summed E-state index contributed by atoms with van der Waals surface area (Å²) in [4.78, 5) is 8.61. The molecule has 0 aromatic carbocycles. The summed E-state index contributed by atoms with van der Waals surface area (Å²) >= 11 is 1.48. The molecule has 18 heavy (non-hydrogen) atoms. The molecule has 1 aromatic heterocycles. The quantitative estimate of drug-likeness (QED) is 0.282. The first-order valence-corrected chi connectivity index (χ1v) is 7.28. The Bertz CT molecular complexity index is 373. The molecule has 0 aliphatic heterocycles. The highest BCUT2D eigenvalue weighted by Crippen LogP contribution is 2.23. The van der Waals surface area contributed by atoms with Gasteiger partial charge in [0.25, 0.3) is 0 Å². The summed E-state index contributed by atoms with van der Waals surface area (Å²) < 4.78 is 0. The van der Waals surface area contributed by atoms with Crippen LogP contribution in [0.2, 0.25) is 0 Å². The molecule has 1 saturated carbocycles. The van der Waals surface area contributed by atoms with Crippen LogP contribution >= 0.6 is 11.8 Å². The van der Waals surface area contributed by atoms with E-state index in [1.165, 1.54) is 11.8 Å². The SMILES string of the molecule is CSc1nc(NN)cc(NC2CCC(O)CC2)n1. The van der Waals surface area contributed by atoms with Gasteiger partial charge in [-0.05, 0) is 31.9 Å². The zero-order valence-electron chi connectivity index (χ0n) is 10.4. The molecule has 0 atom stereocenters. The lowest BCUT2D eigenvalue weighted by Gasteiger charge is -2.26. The predicted molar refractivity (Wildman–Crippen MR) is 73.5 cm³/mol. The van der Waals surface area contributed by atoms with Gasteiger partial charge >= 0.3 is 0 Å². The zero-order chi connectivity index (χ0) is 13.0. The lowest BCUT2D eigenvalue weighted by atomic mass is 9.93. The number of nitrogens with one attached hydrogen (secondary N) is 2. The maximum absolute atomic E-state index is 9.47. The van der Waals surface area contributed by atoms with Crippen LogP contribution in [0.3, 0.4) is 0 Å². The van der Waals surface area contributed by atoms with E-state index >= 15 is 0 Å². The van der Waals surface area contributed by atoms with Gasteiger partial charge in [0.1, 0.15) is 11.6 Å². The molecule has 100 valence electrons. The van der Waals surface area contributed by atoms with E-state index in [2.05, 4.69) is 20.7 Å². The van der Waals surface area contributed by atoms with Gasteiger partial charge in [-0.3, -0.25) is 0 Å². The van der Waals surface area contributed by atoms with Crippen LogP contribution in [0.15, 0.2) is 11.2 Å². The molecule has 6 nitrogen and oxygen atoms in total. The minimum Gasteiger partial charge on any atom is -0.393 e. The van der Waals surface area contributed by atoms with E-state index in [-0.39, 0.29) is 6.10 Å². The summed E-state index contributed by atoms with van der Waals surface area (Å²) in [5.41, 5.74) is 2.54. The molecular weight excluding hydrogens is 250 g/mol. The van der Waals surface area contributed by atoms with Crippen LogP contribution in [0.5, 0.6) is 0 Å². The summed E-state index contributed by atoms with van der Waals surface area (Å²) in [5.74, 6) is 6.77.